The first kappa shape index (κ1) is 29.2. The van der Waals surface area contributed by atoms with Crippen LogP contribution in [0.5, 0.6) is 0 Å². The van der Waals surface area contributed by atoms with E-state index in [1.165, 1.54) is 12.1 Å². The third-order valence-corrected chi connectivity index (χ3v) is 8.67. The molecule has 210 valence electrons. The monoisotopic (exact) mass is 558 g/mol. The highest BCUT2D eigenvalue weighted by Gasteiger charge is 2.31. The van der Waals surface area contributed by atoms with Gasteiger partial charge in [0.05, 0.1) is 29.7 Å². The van der Waals surface area contributed by atoms with Gasteiger partial charge in [0.2, 0.25) is 0 Å². The summed E-state index contributed by atoms with van der Waals surface area (Å²) in [6, 6.07) is 13.2. The van der Waals surface area contributed by atoms with E-state index in [0.29, 0.717) is 11.1 Å². The van der Waals surface area contributed by atoms with Crippen molar-refractivity contribution in [3.63, 3.8) is 0 Å². The topological polar surface area (TPSA) is 102 Å². The van der Waals surface area contributed by atoms with Gasteiger partial charge in [0.15, 0.2) is 0 Å². The Morgan fingerprint density at radius 3 is 2.31 bits per heavy atom. The van der Waals surface area contributed by atoms with E-state index in [0.717, 1.165) is 40.3 Å². The molecule has 1 aliphatic heterocycles. The van der Waals surface area contributed by atoms with Crippen LogP contribution in [0.15, 0.2) is 54.6 Å². The molecular formula is C30H36F2N2O4S. The SMILES string of the molecule is CCc1ccc2c(c1)[C@@H](NC[C@H](O)[C@H](Cc1cc(F)cc(F)c1)NC(=O)c1cc(C)cc(C)c1)CS(O)(O)C2. The molecule has 1 aliphatic rings. The summed E-state index contributed by atoms with van der Waals surface area (Å²) in [4.78, 5) is 13.2. The van der Waals surface area contributed by atoms with Crippen molar-refractivity contribution >= 4 is 16.5 Å². The van der Waals surface area contributed by atoms with E-state index in [1.54, 1.807) is 12.1 Å². The van der Waals surface area contributed by atoms with E-state index in [2.05, 4.69) is 10.6 Å². The average molecular weight is 559 g/mol. The van der Waals surface area contributed by atoms with Crippen molar-refractivity contribution in [3.8, 4) is 0 Å². The van der Waals surface area contributed by atoms with Crippen LogP contribution < -0.4 is 10.6 Å². The molecule has 0 spiro atoms. The molecular weight excluding hydrogens is 522 g/mol. The van der Waals surface area contributed by atoms with Crippen LogP contribution in [0.1, 0.15) is 56.7 Å². The molecule has 1 heterocycles. The molecule has 9 heteroatoms. The fourth-order valence-electron chi connectivity index (χ4n) is 5.18. The molecule has 5 N–H and O–H groups in total. The van der Waals surface area contributed by atoms with Gasteiger partial charge in [-0.2, -0.15) is 10.6 Å². The fourth-order valence-corrected chi connectivity index (χ4v) is 6.89. The summed E-state index contributed by atoms with van der Waals surface area (Å²) in [5, 5.41) is 17.3. The number of carbonyl (C=O) groups excluding carboxylic acids is 1. The van der Waals surface area contributed by atoms with Crippen LogP contribution in [0.3, 0.4) is 0 Å². The molecule has 0 radical (unpaired) electrons. The van der Waals surface area contributed by atoms with Gasteiger partial charge in [-0.15, -0.1) is 0 Å². The molecule has 4 rings (SSSR count). The van der Waals surface area contributed by atoms with E-state index >= 15 is 0 Å². The number of aliphatic hydroxyl groups excluding tert-OH is 1. The zero-order valence-corrected chi connectivity index (χ0v) is 23.2. The number of nitrogens with one attached hydrogen (secondary N) is 2. The molecule has 3 aromatic rings. The predicted octanol–water partition coefficient (Wildman–Crippen LogP) is 5.44. The molecule has 0 fully saturated rings. The summed E-state index contributed by atoms with van der Waals surface area (Å²) in [6.45, 7) is 5.81. The van der Waals surface area contributed by atoms with E-state index in [-0.39, 0.29) is 24.5 Å². The Labute approximate surface area is 229 Å². The van der Waals surface area contributed by atoms with Crippen molar-refractivity contribution in [1.29, 1.82) is 0 Å². The van der Waals surface area contributed by atoms with Gasteiger partial charge >= 0.3 is 0 Å². The Hall–Kier alpha value is -2.82. The van der Waals surface area contributed by atoms with Crippen LogP contribution in [-0.4, -0.2) is 44.6 Å². The first-order chi connectivity index (χ1) is 18.4. The first-order valence-electron chi connectivity index (χ1n) is 13.0. The first-order valence-corrected chi connectivity index (χ1v) is 14.9. The number of rotatable bonds is 9. The molecule has 0 saturated heterocycles. The van der Waals surface area contributed by atoms with Gasteiger partial charge in [-0.3, -0.25) is 13.9 Å². The van der Waals surface area contributed by atoms with Gasteiger partial charge < -0.3 is 15.7 Å². The lowest BCUT2D eigenvalue weighted by Gasteiger charge is -2.42. The fraction of sp³-hybridized carbons (Fsp3) is 0.367. The van der Waals surface area contributed by atoms with Gasteiger partial charge in [-0.25, -0.2) is 8.78 Å². The van der Waals surface area contributed by atoms with Crippen molar-refractivity contribution in [2.24, 2.45) is 0 Å². The average Bonchev–Trinajstić information content (AvgIpc) is 2.84. The minimum atomic E-state index is -2.85. The second kappa shape index (κ2) is 12.1. The number of benzene rings is 3. The molecule has 39 heavy (non-hydrogen) atoms. The van der Waals surface area contributed by atoms with E-state index in [4.69, 9.17) is 0 Å². The van der Waals surface area contributed by atoms with Crippen LogP contribution in [0.2, 0.25) is 0 Å². The predicted molar refractivity (Wildman–Crippen MR) is 151 cm³/mol. The maximum atomic E-state index is 13.9. The Bertz CT molecular complexity index is 1310. The van der Waals surface area contributed by atoms with Crippen molar-refractivity contribution in [1.82, 2.24) is 10.6 Å². The maximum Gasteiger partial charge on any atom is 0.251 e. The number of halogens is 2. The smallest absolute Gasteiger partial charge is 0.251 e. The molecule has 0 unspecified atom stereocenters. The lowest BCUT2D eigenvalue weighted by molar-refractivity contribution is 0.0825. The van der Waals surface area contributed by atoms with Gasteiger partial charge in [0, 0.05) is 18.2 Å². The summed E-state index contributed by atoms with van der Waals surface area (Å²) in [7, 11) is -2.85. The van der Waals surface area contributed by atoms with E-state index in [9.17, 15) is 27.8 Å². The summed E-state index contributed by atoms with van der Waals surface area (Å²) in [5.41, 5.74) is 5.45. The standard InChI is InChI=1S/C30H36F2N2O4S/c1-4-20-5-6-22-16-39(37,38)17-28(26(22)12-20)33-15-29(35)27(13-21-10-24(31)14-25(32)11-21)34-30(36)23-8-18(2)7-19(3)9-23/h5-12,14,27-29,33,35,37-38H,4,13,15-17H2,1-3H3,(H,34,36)/t27-,28-,29-/m0/s1. The van der Waals surface area contributed by atoms with Crippen molar-refractivity contribution < 1.29 is 27.8 Å². The number of aryl methyl sites for hydroxylation is 3. The summed E-state index contributed by atoms with van der Waals surface area (Å²) < 4.78 is 48.9. The van der Waals surface area contributed by atoms with Crippen LogP contribution in [0.4, 0.5) is 8.78 Å². The minimum absolute atomic E-state index is 0.00552. The van der Waals surface area contributed by atoms with E-state index < -0.39 is 46.3 Å². The van der Waals surface area contributed by atoms with Crippen molar-refractivity contribution in [2.45, 2.75) is 57.6 Å². The zero-order chi connectivity index (χ0) is 28.3. The molecule has 3 aromatic carbocycles. The zero-order valence-electron chi connectivity index (χ0n) is 22.4. The molecule has 0 aliphatic carbocycles. The largest absolute Gasteiger partial charge is 0.390 e. The molecule has 0 saturated carbocycles. The van der Waals surface area contributed by atoms with Gasteiger partial charge in [-0.1, -0.05) is 42.3 Å². The van der Waals surface area contributed by atoms with Gasteiger partial charge in [-0.05, 0) is 73.2 Å². The Kier molecular flexibility index (Phi) is 9.08. The highest BCUT2D eigenvalue weighted by atomic mass is 32.3. The molecule has 1 amide bonds. The third-order valence-electron chi connectivity index (χ3n) is 7.03. The maximum absolute atomic E-state index is 13.9. The van der Waals surface area contributed by atoms with Crippen LogP contribution in [0.25, 0.3) is 0 Å². The Morgan fingerprint density at radius 1 is 1.00 bits per heavy atom. The van der Waals surface area contributed by atoms with Gasteiger partial charge in [0.25, 0.3) is 5.91 Å². The van der Waals surface area contributed by atoms with Crippen molar-refractivity contribution in [3.05, 3.63) is 105 Å². The van der Waals surface area contributed by atoms with Crippen LogP contribution in [-0.2, 0) is 18.6 Å². The van der Waals surface area contributed by atoms with Gasteiger partial charge in [0.1, 0.15) is 11.6 Å². The quantitative estimate of drug-likeness (QED) is 0.241. The number of hydrogen-bond acceptors (Lipinski definition) is 5. The molecule has 0 aromatic heterocycles. The highest BCUT2D eigenvalue weighted by Crippen LogP contribution is 2.50. The molecule has 6 nitrogen and oxygen atoms in total. The lowest BCUT2D eigenvalue weighted by atomic mass is 9.96. The number of hydrogen-bond donors (Lipinski definition) is 5. The molecule has 3 atom stereocenters. The minimum Gasteiger partial charge on any atom is -0.390 e. The number of fused-ring (bicyclic) bond motifs is 1. The van der Waals surface area contributed by atoms with Crippen LogP contribution >= 0.6 is 10.6 Å². The summed E-state index contributed by atoms with van der Waals surface area (Å²) >= 11 is 0. The summed E-state index contributed by atoms with van der Waals surface area (Å²) in [6.07, 6.45) is -0.326. The van der Waals surface area contributed by atoms with E-state index in [1.807, 2.05) is 45.0 Å². The van der Waals surface area contributed by atoms with Crippen LogP contribution in [0, 0.1) is 25.5 Å². The Balaban J connectivity index is 1.56. The third kappa shape index (κ3) is 7.64. The molecule has 0 bridgehead atoms. The Morgan fingerprint density at radius 2 is 1.67 bits per heavy atom. The highest BCUT2D eigenvalue weighted by molar-refractivity contribution is 8.23. The number of aliphatic hydroxyl groups is 1. The second-order valence-corrected chi connectivity index (χ2v) is 12.7. The second-order valence-electron chi connectivity index (χ2n) is 10.5. The number of amides is 1. The van der Waals surface area contributed by atoms with Crippen molar-refractivity contribution in [2.75, 3.05) is 12.3 Å². The normalized spacial score (nSPS) is 18.6. The number of carbonyl (C=O) groups is 1. The lowest BCUT2D eigenvalue weighted by Crippen LogP contribution is -2.49. The summed E-state index contributed by atoms with van der Waals surface area (Å²) in [5.74, 6) is -1.60.